The maximum Gasteiger partial charge on any atom is 0.167 e. The van der Waals surface area contributed by atoms with E-state index in [1.165, 1.54) is 46.5 Å². The Labute approximate surface area is 324 Å². The van der Waals surface area contributed by atoms with Crippen molar-refractivity contribution >= 4 is 55.9 Å². The van der Waals surface area contributed by atoms with Crippen LogP contribution in [0.1, 0.15) is 35.1 Å². The third kappa shape index (κ3) is 27.2. The lowest BCUT2D eigenvalue weighted by Crippen LogP contribution is -2.23. The number of nitrogens with one attached hydrogen (secondary N) is 2. The molecule has 2 heterocycles. The molecule has 0 aliphatic rings. The predicted molar refractivity (Wildman–Crippen MR) is 221 cm³/mol. The molecule has 2 N–H and O–H groups in total. The molecule has 4 rings (SSSR count). The summed E-state index contributed by atoms with van der Waals surface area (Å²) in [5.74, 6) is 0. The monoisotopic (exact) mass is 782 g/mol. The number of hydrogen-bond donors (Lipinski definition) is 0. The molecule has 0 radical (unpaired) electrons. The largest absolute Gasteiger partial charge is 0.748 e. The van der Waals surface area contributed by atoms with Gasteiger partial charge in [-0.3, -0.25) is 0 Å². The van der Waals surface area contributed by atoms with Gasteiger partial charge in [0.15, 0.2) is 24.8 Å². The Morgan fingerprint density at radius 3 is 0.944 bits per heavy atom. The highest BCUT2D eigenvalue weighted by molar-refractivity contribution is 7.85. The normalized spacial score (nSPS) is 11.3. The molecule has 14 heteroatoms. The molecular weight excluding hydrogens is 725 g/mol. The second kappa shape index (κ2) is 25.6. The van der Waals surface area contributed by atoms with Crippen molar-refractivity contribution in [2.45, 2.75) is 12.8 Å². The van der Waals surface area contributed by atoms with Crippen LogP contribution in [0.25, 0.3) is 24.3 Å². The van der Waals surface area contributed by atoms with Gasteiger partial charge in [-0.25, -0.2) is 26.8 Å². The van der Waals surface area contributed by atoms with Crippen LogP contribution < -0.4 is 19.8 Å². The number of rotatable bonds is 14. The van der Waals surface area contributed by atoms with Crippen LogP contribution in [0.3, 0.4) is 0 Å². The maximum atomic E-state index is 9.08. The van der Waals surface area contributed by atoms with Crippen molar-refractivity contribution in [2.24, 2.45) is 0 Å². The van der Waals surface area contributed by atoms with E-state index in [4.69, 9.17) is 25.9 Å². The van der Waals surface area contributed by atoms with Crippen molar-refractivity contribution in [1.29, 1.82) is 0 Å². The molecule has 0 aliphatic heterocycles. The Balaban J connectivity index is 0.000000432. The molecule has 2 aromatic carbocycles. The minimum absolute atomic E-state index is 0.604. The van der Waals surface area contributed by atoms with Crippen molar-refractivity contribution in [1.82, 2.24) is 9.80 Å². The summed E-state index contributed by atoms with van der Waals surface area (Å²) < 4.78 is 54.5. The van der Waals surface area contributed by atoms with Gasteiger partial charge in [0.25, 0.3) is 0 Å². The Bertz CT molecular complexity index is 1700. The number of benzene rings is 2. The van der Waals surface area contributed by atoms with E-state index in [1.807, 2.05) is 24.8 Å². The fourth-order valence-electron chi connectivity index (χ4n) is 4.59. The minimum Gasteiger partial charge on any atom is -0.748 e. The van der Waals surface area contributed by atoms with Gasteiger partial charge in [-0.05, 0) is 101 Å². The average molecular weight is 783 g/mol. The van der Waals surface area contributed by atoms with Crippen LogP contribution in [0.15, 0.2) is 97.6 Å². The van der Waals surface area contributed by atoms with Crippen molar-refractivity contribution in [3.05, 3.63) is 120 Å². The zero-order chi connectivity index (χ0) is 40.6. The van der Waals surface area contributed by atoms with Gasteiger partial charge in [-0.1, -0.05) is 48.6 Å². The molecule has 0 amide bonds. The summed E-state index contributed by atoms with van der Waals surface area (Å²) in [5, 5.41) is 0. The van der Waals surface area contributed by atoms with Gasteiger partial charge in [0.05, 0.1) is 20.2 Å². The van der Waals surface area contributed by atoms with E-state index in [2.05, 4.69) is 169 Å². The Morgan fingerprint density at radius 2 is 0.704 bits per heavy atom. The second-order valence-corrected chi connectivity index (χ2v) is 15.9. The molecule has 0 saturated carbocycles. The first kappa shape index (κ1) is 47.6. The highest BCUT2D eigenvalue weighted by atomic mass is 32.2. The predicted octanol–water partition coefficient (Wildman–Crippen LogP) is 4.44. The molecule has 0 atom stereocenters. The van der Waals surface area contributed by atoms with Crippen LogP contribution >= 0.6 is 0 Å². The Morgan fingerprint density at radius 1 is 0.463 bits per heavy atom. The van der Waals surface area contributed by atoms with Crippen LogP contribution in [0.2, 0.25) is 0 Å². The van der Waals surface area contributed by atoms with Crippen molar-refractivity contribution < 1.29 is 35.9 Å². The summed E-state index contributed by atoms with van der Waals surface area (Å²) in [4.78, 5) is 15.1. The third-order valence-corrected chi connectivity index (χ3v) is 7.29. The van der Waals surface area contributed by atoms with E-state index in [0.717, 1.165) is 26.2 Å². The molecule has 2 aromatic heterocycles. The molecule has 0 bridgehead atoms. The molecule has 296 valence electrons. The molecule has 54 heavy (non-hydrogen) atoms. The highest BCUT2D eigenvalue weighted by Gasteiger charge is 2.02. The number of anilines is 2. The van der Waals surface area contributed by atoms with Gasteiger partial charge in [0.1, 0.15) is 0 Å². The molecule has 4 aromatic rings. The average Bonchev–Trinajstić information content (AvgIpc) is 3.10. The SMILES string of the molecule is CN(C)CCCN(C)c1ccc(/C=C/c2cc[nH+]cc2)cc1.CN(C)CCCN(C)c1ccc(/C=C/c2cc[nH+]cc2)cc1.CS(=O)(=O)[O-].CS(=O)(=O)[O-]. The summed E-state index contributed by atoms with van der Waals surface area (Å²) in [7, 11) is 4.94. The second-order valence-electron chi connectivity index (χ2n) is 13.1. The van der Waals surface area contributed by atoms with E-state index in [-0.39, 0.29) is 0 Å². The number of H-pyrrole nitrogens is 2. The van der Waals surface area contributed by atoms with E-state index in [0.29, 0.717) is 12.5 Å². The number of pyridine rings is 2. The Kier molecular flexibility index (Phi) is 22.5. The van der Waals surface area contributed by atoms with Gasteiger partial charge in [0, 0.05) is 75.3 Å². The first-order valence-corrected chi connectivity index (χ1v) is 21.0. The molecule has 0 fully saturated rings. The van der Waals surface area contributed by atoms with Crippen molar-refractivity contribution in [3.8, 4) is 0 Å². The lowest BCUT2D eigenvalue weighted by Gasteiger charge is -2.20. The summed E-state index contributed by atoms with van der Waals surface area (Å²) in [6.07, 6.45) is 19.9. The minimum atomic E-state index is -3.92. The summed E-state index contributed by atoms with van der Waals surface area (Å²) in [5.41, 5.74) is 7.37. The fourth-order valence-corrected chi connectivity index (χ4v) is 4.59. The standard InChI is InChI=1S/2C19H25N3.2CH4O3S/c2*1-21(2)15-4-16-22(3)19-9-7-17(8-10-19)5-6-18-11-13-20-14-12-18;2*1-5(2,3)4/h2*5-14H,4,15-16H2,1-3H3;2*1H3,(H,2,3,4)/b2*6-5+;;. The highest BCUT2D eigenvalue weighted by Crippen LogP contribution is 2.17. The lowest BCUT2D eigenvalue weighted by molar-refractivity contribution is -0.378. The number of aromatic nitrogens is 2. The topological polar surface area (TPSA) is 156 Å². The van der Waals surface area contributed by atoms with Crippen LogP contribution in [-0.4, -0.2) is 117 Å². The number of nitrogens with zero attached hydrogens (tertiary/aromatic N) is 4. The maximum absolute atomic E-state index is 9.08. The summed E-state index contributed by atoms with van der Waals surface area (Å²) >= 11 is 0. The van der Waals surface area contributed by atoms with Gasteiger partial charge >= 0.3 is 0 Å². The molecule has 0 unspecified atom stereocenters. The van der Waals surface area contributed by atoms with Gasteiger partial charge < -0.3 is 28.7 Å². The van der Waals surface area contributed by atoms with Gasteiger partial charge in [0.2, 0.25) is 0 Å². The Hall–Kier alpha value is -4.44. The molecule has 0 spiro atoms. The molecule has 0 saturated heterocycles. The first-order chi connectivity index (χ1) is 25.3. The van der Waals surface area contributed by atoms with E-state index in [1.54, 1.807) is 0 Å². The molecule has 12 nitrogen and oxygen atoms in total. The van der Waals surface area contributed by atoms with Crippen molar-refractivity contribution in [2.75, 3.05) is 90.8 Å². The van der Waals surface area contributed by atoms with E-state index >= 15 is 0 Å². The molecular formula is C40H58N6O6S2. The first-order valence-electron chi connectivity index (χ1n) is 17.3. The zero-order valence-corrected chi connectivity index (χ0v) is 34.5. The summed E-state index contributed by atoms with van der Waals surface area (Å²) in [6.45, 7) is 4.40. The van der Waals surface area contributed by atoms with Crippen molar-refractivity contribution in [3.63, 3.8) is 0 Å². The quantitative estimate of drug-likeness (QED) is 0.168. The van der Waals surface area contributed by atoms with E-state index < -0.39 is 20.2 Å². The van der Waals surface area contributed by atoms with Gasteiger partial charge in [-0.2, -0.15) is 0 Å². The summed E-state index contributed by atoms with van der Waals surface area (Å²) in [6, 6.07) is 25.7. The number of aromatic amines is 2. The fraction of sp³-hybridized carbons (Fsp3) is 0.350. The smallest absolute Gasteiger partial charge is 0.167 e. The zero-order valence-electron chi connectivity index (χ0n) is 32.8. The number of hydrogen-bond acceptors (Lipinski definition) is 10. The van der Waals surface area contributed by atoms with Crippen LogP contribution in [0.4, 0.5) is 11.4 Å². The van der Waals surface area contributed by atoms with E-state index in [9.17, 15) is 0 Å². The lowest BCUT2D eigenvalue weighted by atomic mass is 10.1. The molecule has 0 aliphatic carbocycles. The van der Waals surface area contributed by atoms with Crippen LogP contribution in [0, 0.1) is 0 Å². The van der Waals surface area contributed by atoms with Crippen LogP contribution in [0.5, 0.6) is 0 Å². The van der Waals surface area contributed by atoms with Gasteiger partial charge in [-0.15, -0.1) is 0 Å². The van der Waals surface area contributed by atoms with Crippen LogP contribution in [-0.2, 0) is 20.2 Å². The third-order valence-electron chi connectivity index (χ3n) is 7.29.